The molecule has 0 amide bonds. The third-order valence-electron chi connectivity index (χ3n) is 6.16. The molecule has 1 saturated heterocycles. The zero-order chi connectivity index (χ0) is 20.1. The van der Waals surface area contributed by atoms with Crippen LogP contribution < -0.4 is 10.2 Å². The van der Waals surface area contributed by atoms with Gasteiger partial charge in [0.2, 0.25) is 0 Å². The number of halogens is 1. The van der Waals surface area contributed by atoms with E-state index >= 15 is 0 Å². The van der Waals surface area contributed by atoms with Crippen LogP contribution >= 0.6 is 11.6 Å². The Balaban J connectivity index is 1.56. The third-order valence-corrected chi connectivity index (χ3v) is 6.41. The van der Waals surface area contributed by atoms with Gasteiger partial charge in [-0.25, -0.2) is 0 Å². The molecule has 3 aromatic rings. The van der Waals surface area contributed by atoms with Gasteiger partial charge in [0.05, 0.1) is 6.04 Å². The molecule has 1 N–H and O–H groups in total. The number of nitrogens with zero attached hydrogens (tertiary/aromatic N) is 1. The first-order valence-electron chi connectivity index (χ1n) is 10.5. The predicted molar refractivity (Wildman–Crippen MR) is 124 cm³/mol. The molecule has 3 heteroatoms. The molecule has 0 aromatic heterocycles. The summed E-state index contributed by atoms with van der Waals surface area (Å²) in [5, 5.41) is 4.42. The summed E-state index contributed by atoms with van der Waals surface area (Å²) in [5.74, 6) is 1.26. The highest BCUT2D eigenvalue weighted by Gasteiger charge is 2.30. The second kappa shape index (κ2) is 9.47. The van der Waals surface area contributed by atoms with E-state index in [0.29, 0.717) is 17.9 Å². The van der Waals surface area contributed by atoms with Crippen LogP contribution in [0, 0.1) is 11.8 Å². The first kappa shape index (κ1) is 20.0. The summed E-state index contributed by atoms with van der Waals surface area (Å²) < 4.78 is 0. The molecule has 2 unspecified atom stereocenters. The molecule has 1 heterocycles. The minimum Gasteiger partial charge on any atom is -0.364 e. The minimum atomic E-state index is 0.301. The van der Waals surface area contributed by atoms with E-state index in [9.17, 15) is 0 Å². The fourth-order valence-electron chi connectivity index (χ4n) is 4.44. The van der Waals surface area contributed by atoms with Gasteiger partial charge in [-0.2, -0.15) is 0 Å². The van der Waals surface area contributed by atoms with Crippen LogP contribution in [0.2, 0.25) is 5.02 Å². The molecule has 2 nitrogen and oxygen atoms in total. The molecule has 4 rings (SSSR count). The first-order valence-corrected chi connectivity index (χ1v) is 10.9. The Morgan fingerprint density at radius 1 is 0.862 bits per heavy atom. The van der Waals surface area contributed by atoms with Gasteiger partial charge in [-0.15, -0.1) is 0 Å². The number of benzene rings is 3. The summed E-state index contributed by atoms with van der Waals surface area (Å²) in [5.41, 5.74) is 4.00. The van der Waals surface area contributed by atoms with Gasteiger partial charge in [-0.05, 0) is 73.7 Å². The van der Waals surface area contributed by atoms with Crippen molar-refractivity contribution in [3.63, 3.8) is 0 Å². The third kappa shape index (κ3) is 5.01. The number of hydrogen-bond acceptors (Lipinski definition) is 2. The van der Waals surface area contributed by atoms with E-state index in [-0.39, 0.29) is 0 Å². The van der Waals surface area contributed by atoms with Gasteiger partial charge in [0.25, 0.3) is 0 Å². The summed E-state index contributed by atoms with van der Waals surface area (Å²) in [6, 6.07) is 30.3. The fourth-order valence-corrected chi connectivity index (χ4v) is 4.57. The van der Waals surface area contributed by atoms with E-state index in [0.717, 1.165) is 31.1 Å². The van der Waals surface area contributed by atoms with Crippen molar-refractivity contribution < 1.29 is 0 Å². The van der Waals surface area contributed by atoms with Crippen molar-refractivity contribution in [2.24, 2.45) is 11.8 Å². The molecular weight excluding hydrogens is 376 g/mol. The van der Waals surface area contributed by atoms with E-state index in [1.54, 1.807) is 0 Å². The zero-order valence-electron chi connectivity index (χ0n) is 17.0. The van der Waals surface area contributed by atoms with Crippen molar-refractivity contribution >= 4 is 17.3 Å². The monoisotopic (exact) mass is 404 g/mol. The van der Waals surface area contributed by atoms with Crippen molar-refractivity contribution in [2.45, 2.75) is 19.4 Å². The Bertz CT molecular complexity index is 880. The molecule has 1 aliphatic rings. The Labute approximate surface area is 179 Å². The summed E-state index contributed by atoms with van der Waals surface area (Å²) in [4.78, 5) is 2.54. The molecule has 0 aliphatic carbocycles. The van der Waals surface area contributed by atoms with Crippen LogP contribution in [0.15, 0.2) is 84.9 Å². The minimum absolute atomic E-state index is 0.301. The standard InChI is InChI=1S/C26H29ClN2/c1-20(22-10-6-3-7-11-22)29(26-14-12-25(27)13-15-26)19-24-18-28-17-23(24)16-21-8-4-2-5-9-21/h2-15,20,23-24,28H,16-19H2,1H3/t20-,23?,24?/m1/s1. The average molecular weight is 405 g/mol. The largest absolute Gasteiger partial charge is 0.364 e. The number of hydrogen-bond donors (Lipinski definition) is 1. The van der Waals surface area contributed by atoms with Crippen molar-refractivity contribution in [3.8, 4) is 0 Å². The van der Waals surface area contributed by atoms with Crippen molar-refractivity contribution in [1.29, 1.82) is 0 Å². The summed E-state index contributed by atoms with van der Waals surface area (Å²) in [6.45, 7) is 5.50. The van der Waals surface area contributed by atoms with Crippen LogP contribution in [0.1, 0.15) is 24.1 Å². The number of rotatable bonds is 7. The van der Waals surface area contributed by atoms with E-state index in [1.807, 2.05) is 12.1 Å². The molecule has 29 heavy (non-hydrogen) atoms. The highest BCUT2D eigenvalue weighted by molar-refractivity contribution is 6.30. The van der Waals surface area contributed by atoms with Gasteiger partial charge in [-0.1, -0.05) is 72.3 Å². The summed E-state index contributed by atoms with van der Waals surface area (Å²) in [7, 11) is 0. The van der Waals surface area contributed by atoms with Gasteiger partial charge in [0.15, 0.2) is 0 Å². The van der Waals surface area contributed by atoms with Crippen LogP contribution in [-0.4, -0.2) is 19.6 Å². The lowest BCUT2D eigenvalue weighted by Gasteiger charge is -2.35. The van der Waals surface area contributed by atoms with Gasteiger partial charge < -0.3 is 10.2 Å². The quantitative estimate of drug-likeness (QED) is 0.520. The maximum Gasteiger partial charge on any atom is 0.0514 e. The molecule has 0 spiro atoms. The number of nitrogens with one attached hydrogen (secondary N) is 1. The normalized spacial score (nSPS) is 19.8. The van der Waals surface area contributed by atoms with E-state index in [2.05, 4.69) is 89.9 Å². The van der Waals surface area contributed by atoms with Crippen LogP contribution in [0.4, 0.5) is 5.69 Å². The van der Waals surface area contributed by atoms with E-state index < -0.39 is 0 Å². The van der Waals surface area contributed by atoms with E-state index in [1.165, 1.54) is 16.8 Å². The highest BCUT2D eigenvalue weighted by atomic mass is 35.5. The topological polar surface area (TPSA) is 15.3 Å². The molecule has 1 aliphatic heterocycles. The molecular formula is C26H29ClN2. The molecule has 150 valence electrons. The van der Waals surface area contributed by atoms with Gasteiger partial charge in [-0.3, -0.25) is 0 Å². The van der Waals surface area contributed by atoms with E-state index in [4.69, 9.17) is 11.6 Å². The summed E-state index contributed by atoms with van der Waals surface area (Å²) >= 11 is 6.17. The van der Waals surface area contributed by atoms with Crippen molar-refractivity contribution in [1.82, 2.24) is 5.32 Å². The second-order valence-electron chi connectivity index (χ2n) is 8.08. The zero-order valence-corrected chi connectivity index (χ0v) is 17.7. The Morgan fingerprint density at radius 2 is 1.48 bits per heavy atom. The van der Waals surface area contributed by atoms with Crippen LogP contribution in [0.3, 0.4) is 0 Å². The maximum atomic E-state index is 6.17. The highest BCUT2D eigenvalue weighted by Crippen LogP contribution is 2.32. The Kier molecular flexibility index (Phi) is 6.53. The first-order chi connectivity index (χ1) is 14.2. The molecule has 3 aromatic carbocycles. The smallest absolute Gasteiger partial charge is 0.0514 e. The van der Waals surface area contributed by atoms with Crippen molar-refractivity contribution in [2.75, 3.05) is 24.5 Å². The molecule has 0 bridgehead atoms. The summed E-state index contributed by atoms with van der Waals surface area (Å²) in [6.07, 6.45) is 1.13. The lowest BCUT2D eigenvalue weighted by molar-refractivity contribution is 0.404. The SMILES string of the molecule is C[C@H](c1ccccc1)N(CC1CNCC1Cc1ccccc1)c1ccc(Cl)cc1. The molecule has 3 atom stereocenters. The lowest BCUT2D eigenvalue weighted by Crippen LogP contribution is -2.35. The van der Waals surface area contributed by atoms with Crippen molar-refractivity contribution in [3.05, 3.63) is 101 Å². The Morgan fingerprint density at radius 3 is 2.17 bits per heavy atom. The Hall–Kier alpha value is -2.29. The molecule has 0 radical (unpaired) electrons. The van der Waals surface area contributed by atoms with Crippen LogP contribution in [-0.2, 0) is 6.42 Å². The van der Waals surface area contributed by atoms with Crippen LogP contribution in [0.25, 0.3) is 0 Å². The molecule has 1 fully saturated rings. The predicted octanol–water partition coefficient (Wildman–Crippen LogP) is 5.99. The average Bonchev–Trinajstić information content (AvgIpc) is 3.20. The fraction of sp³-hybridized carbons (Fsp3) is 0.308. The van der Waals surface area contributed by atoms with Gasteiger partial charge >= 0.3 is 0 Å². The van der Waals surface area contributed by atoms with Gasteiger partial charge in [0, 0.05) is 17.3 Å². The second-order valence-corrected chi connectivity index (χ2v) is 8.52. The maximum absolute atomic E-state index is 6.17. The van der Waals surface area contributed by atoms with Gasteiger partial charge in [0.1, 0.15) is 0 Å². The van der Waals surface area contributed by atoms with Crippen LogP contribution in [0.5, 0.6) is 0 Å². The number of anilines is 1. The lowest BCUT2D eigenvalue weighted by atomic mass is 9.88. The molecule has 0 saturated carbocycles.